The van der Waals surface area contributed by atoms with Gasteiger partial charge in [-0.25, -0.2) is 0 Å². The van der Waals surface area contributed by atoms with Crippen LogP contribution in [0.4, 0.5) is 18.9 Å². The van der Waals surface area contributed by atoms with Gasteiger partial charge in [0.15, 0.2) is 0 Å². The average molecular weight is 549 g/mol. The maximum atomic E-state index is 13.8. The van der Waals surface area contributed by atoms with Crippen molar-refractivity contribution in [3.63, 3.8) is 0 Å². The van der Waals surface area contributed by atoms with Gasteiger partial charge in [-0.3, -0.25) is 14.9 Å². The van der Waals surface area contributed by atoms with Crippen LogP contribution in [0, 0.1) is 5.92 Å². The second-order valence-electron chi connectivity index (χ2n) is 10.5. The number of carboxylic acids is 1. The highest BCUT2D eigenvalue weighted by atomic mass is 35.5. The lowest BCUT2D eigenvalue weighted by Crippen LogP contribution is -2.65. The van der Waals surface area contributed by atoms with Crippen LogP contribution in [0.3, 0.4) is 0 Å². The van der Waals surface area contributed by atoms with E-state index in [-0.39, 0.29) is 23.9 Å². The number of carboxylic acid groups (broad SMARTS) is 1. The molecule has 2 aromatic rings. The van der Waals surface area contributed by atoms with Crippen molar-refractivity contribution in [3.05, 3.63) is 64.2 Å². The molecular formula is C28H28ClF3N2O4. The third-order valence-corrected chi connectivity index (χ3v) is 8.68. The molecule has 1 aliphatic heterocycles. The van der Waals surface area contributed by atoms with E-state index in [1.807, 2.05) is 0 Å². The predicted molar refractivity (Wildman–Crippen MR) is 135 cm³/mol. The van der Waals surface area contributed by atoms with Crippen LogP contribution in [-0.4, -0.2) is 40.9 Å². The Morgan fingerprint density at radius 3 is 2.32 bits per heavy atom. The Morgan fingerprint density at radius 2 is 1.74 bits per heavy atom. The van der Waals surface area contributed by atoms with Gasteiger partial charge in [-0.1, -0.05) is 30.5 Å². The first-order valence-electron chi connectivity index (χ1n) is 12.8. The number of rotatable bonds is 7. The Kier molecular flexibility index (Phi) is 7.02. The molecule has 202 valence electrons. The molecule has 0 saturated heterocycles. The first-order valence-corrected chi connectivity index (χ1v) is 13.2. The molecular weight excluding hydrogens is 521 g/mol. The van der Waals surface area contributed by atoms with Gasteiger partial charge in [-0.15, -0.1) is 0 Å². The van der Waals surface area contributed by atoms with E-state index < -0.39 is 41.1 Å². The monoisotopic (exact) mass is 548 g/mol. The second-order valence-corrected chi connectivity index (χ2v) is 10.9. The van der Waals surface area contributed by atoms with Crippen LogP contribution in [0.15, 0.2) is 42.5 Å². The highest BCUT2D eigenvalue weighted by molar-refractivity contribution is 6.31. The number of amides is 1. The molecule has 0 radical (unpaired) electrons. The van der Waals surface area contributed by atoms with Crippen molar-refractivity contribution in [2.24, 2.45) is 5.92 Å². The number of halogens is 4. The van der Waals surface area contributed by atoms with E-state index in [2.05, 4.69) is 5.32 Å². The van der Waals surface area contributed by atoms with E-state index in [0.717, 1.165) is 49.9 Å². The van der Waals surface area contributed by atoms with Gasteiger partial charge in [0, 0.05) is 40.7 Å². The summed E-state index contributed by atoms with van der Waals surface area (Å²) in [7, 11) is 0. The lowest BCUT2D eigenvalue weighted by atomic mass is 9.65. The summed E-state index contributed by atoms with van der Waals surface area (Å²) >= 11 is 6.36. The van der Waals surface area contributed by atoms with E-state index in [1.165, 1.54) is 0 Å². The zero-order valence-electron chi connectivity index (χ0n) is 20.5. The molecule has 4 atom stereocenters. The number of carbonyl (C=O) groups excluding carboxylic acids is 2. The Balaban J connectivity index is 1.63. The normalized spacial score (nSPS) is 24.6. The smallest absolute Gasteiger partial charge is 0.416 e. The average Bonchev–Trinajstić information content (AvgIpc) is 3.32. The molecule has 38 heavy (non-hydrogen) atoms. The molecule has 6 nitrogen and oxygen atoms in total. The quantitative estimate of drug-likeness (QED) is 0.425. The highest BCUT2D eigenvalue weighted by Gasteiger charge is 2.57. The number of alkyl halides is 3. The van der Waals surface area contributed by atoms with E-state index in [9.17, 15) is 32.7 Å². The van der Waals surface area contributed by atoms with Gasteiger partial charge in [0.2, 0.25) is 0 Å². The number of nitrogens with one attached hydrogen (secondary N) is 1. The summed E-state index contributed by atoms with van der Waals surface area (Å²) in [6.45, 7) is 0. The minimum atomic E-state index is -4.53. The lowest BCUT2D eigenvalue weighted by molar-refractivity contribution is -0.149. The summed E-state index contributed by atoms with van der Waals surface area (Å²) in [5.74, 6) is -2.47. The Hall–Kier alpha value is -2.91. The zero-order valence-corrected chi connectivity index (χ0v) is 21.3. The fraction of sp³-hybridized carbons (Fsp3) is 0.464. The van der Waals surface area contributed by atoms with Crippen molar-refractivity contribution < 1.29 is 32.7 Å². The number of aldehydes is 1. The van der Waals surface area contributed by atoms with Crippen LogP contribution in [-0.2, 0) is 15.8 Å². The van der Waals surface area contributed by atoms with Gasteiger partial charge in [-0.2, -0.15) is 13.2 Å². The molecule has 10 heteroatoms. The number of benzene rings is 2. The molecule has 4 unspecified atom stereocenters. The first kappa shape index (κ1) is 26.7. The summed E-state index contributed by atoms with van der Waals surface area (Å²) in [5, 5.41) is 14.3. The standard InChI is InChI=1S/C28H28ClF3N2O4/c29-18-11-12-21-23(15-18)34(25(36)16-7-9-17(10-8-16)28(30,31)32)22-6-2-5-20(22)24(21)27(13-14-35,26(37)38)33-19-3-1-4-19/h7-12,14-15,19-20,22,24,33H,1-6,13H2,(H,37,38). The number of nitrogens with zero attached hydrogens (tertiary/aromatic N) is 1. The summed E-state index contributed by atoms with van der Waals surface area (Å²) < 4.78 is 39.3. The van der Waals surface area contributed by atoms with Crippen molar-refractivity contribution in [3.8, 4) is 0 Å². The molecule has 0 spiro atoms. The number of fused-ring (bicyclic) bond motifs is 2. The van der Waals surface area contributed by atoms with Gasteiger partial charge in [-0.05, 0) is 73.6 Å². The van der Waals surface area contributed by atoms with Gasteiger partial charge >= 0.3 is 12.1 Å². The first-order chi connectivity index (χ1) is 18.1. The van der Waals surface area contributed by atoms with Crippen LogP contribution in [0.5, 0.6) is 0 Å². The number of aliphatic carboxylic acids is 1. The van der Waals surface area contributed by atoms with Crippen LogP contribution in [0.1, 0.15) is 72.3 Å². The Labute approximate surface area is 223 Å². The number of hydrogen-bond donors (Lipinski definition) is 2. The molecule has 0 aromatic heterocycles. The van der Waals surface area contributed by atoms with Crippen molar-refractivity contribution in [1.29, 1.82) is 0 Å². The fourth-order valence-electron chi connectivity index (χ4n) is 6.51. The molecule has 0 bridgehead atoms. The van der Waals surface area contributed by atoms with Gasteiger partial charge in [0.25, 0.3) is 5.91 Å². The SMILES string of the molecule is O=CCC(NC1CCC1)(C(=O)O)C1c2ccc(Cl)cc2N(C(=O)c2ccc(C(F)(F)F)cc2)C2CCCC21. The van der Waals surface area contributed by atoms with Crippen LogP contribution >= 0.6 is 11.6 Å². The number of carbonyl (C=O) groups is 3. The topological polar surface area (TPSA) is 86.7 Å². The Bertz CT molecular complexity index is 1250. The Morgan fingerprint density at radius 1 is 1.05 bits per heavy atom. The van der Waals surface area contributed by atoms with E-state index in [1.54, 1.807) is 23.1 Å². The van der Waals surface area contributed by atoms with Crippen molar-refractivity contribution in [2.75, 3.05) is 4.90 Å². The van der Waals surface area contributed by atoms with Crippen molar-refractivity contribution >= 4 is 35.5 Å². The van der Waals surface area contributed by atoms with Crippen molar-refractivity contribution in [1.82, 2.24) is 5.32 Å². The predicted octanol–water partition coefficient (Wildman–Crippen LogP) is 5.83. The largest absolute Gasteiger partial charge is 0.480 e. The maximum absolute atomic E-state index is 13.8. The minimum absolute atomic E-state index is 0.0199. The van der Waals surface area contributed by atoms with Crippen LogP contribution in [0.25, 0.3) is 0 Å². The third kappa shape index (κ3) is 4.49. The van der Waals surface area contributed by atoms with Gasteiger partial charge in [0.05, 0.1) is 5.56 Å². The molecule has 1 heterocycles. The van der Waals surface area contributed by atoms with E-state index in [4.69, 9.17) is 11.6 Å². The third-order valence-electron chi connectivity index (χ3n) is 8.44. The minimum Gasteiger partial charge on any atom is -0.480 e. The summed E-state index contributed by atoms with van der Waals surface area (Å²) in [4.78, 5) is 40.3. The molecule has 2 saturated carbocycles. The maximum Gasteiger partial charge on any atom is 0.416 e. The van der Waals surface area contributed by atoms with Crippen LogP contribution < -0.4 is 10.2 Å². The number of hydrogen-bond acceptors (Lipinski definition) is 4. The second kappa shape index (κ2) is 10.0. The van der Waals surface area contributed by atoms with Crippen LogP contribution in [0.2, 0.25) is 5.02 Å². The summed E-state index contributed by atoms with van der Waals surface area (Å²) in [6, 6.07) is 8.64. The molecule has 2 N–H and O–H groups in total. The van der Waals surface area contributed by atoms with E-state index >= 15 is 0 Å². The molecule has 5 rings (SSSR count). The molecule has 2 aliphatic carbocycles. The molecule has 1 amide bonds. The van der Waals surface area contributed by atoms with E-state index in [0.29, 0.717) is 35.4 Å². The molecule has 3 aliphatic rings. The summed E-state index contributed by atoms with van der Waals surface area (Å²) in [5.41, 5.74) is -1.29. The van der Waals surface area contributed by atoms with Gasteiger partial charge < -0.3 is 14.8 Å². The highest BCUT2D eigenvalue weighted by Crippen LogP contribution is 2.54. The molecule has 2 fully saturated rings. The zero-order chi connectivity index (χ0) is 27.2. The summed E-state index contributed by atoms with van der Waals surface area (Å²) in [6.07, 6.45) is 0.483. The number of anilines is 1. The van der Waals surface area contributed by atoms with Gasteiger partial charge in [0.1, 0.15) is 11.8 Å². The van der Waals surface area contributed by atoms with Crippen molar-refractivity contribution in [2.45, 2.75) is 74.7 Å². The molecule has 2 aromatic carbocycles. The fourth-order valence-corrected chi connectivity index (χ4v) is 6.68. The lowest BCUT2D eigenvalue weighted by Gasteiger charge is -2.51.